The van der Waals surface area contributed by atoms with Gasteiger partial charge in [0.2, 0.25) is 0 Å². The molecule has 1 aromatic carbocycles. The Balaban J connectivity index is 2.41. The van der Waals surface area contributed by atoms with Crippen LogP contribution in [0.4, 0.5) is 17.6 Å². The van der Waals surface area contributed by atoms with Gasteiger partial charge in [0, 0.05) is 12.1 Å². The third-order valence-corrected chi connectivity index (χ3v) is 3.58. The molecule has 2 rings (SSSR count). The fourth-order valence-electron chi connectivity index (χ4n) is 2.10. The van der Waals surface area contributed by atoms with Gasteiger partial charge in [-0.15, -0.1) is 0 Å². The molecule has 1 aliphatic rings. The Bertz CT molecular complexity index is 743. The first-order valence-electron chi connectivity index (χ1n) is 6.90. The quantitative estimate of drug-likeness (QED) is 0.390. The molecule has 0 aliphatic carbocycles. The predicted molar refractivity (Wildman–Crippen MR) is 82.1 cm³/mol. The van der Waals surface area contributed by atoms with Gasteiger partial charge in [-0.1, -0.05) is 13.0 Å². The van der Waals surface area contributed by atoms with Gasteiger partial charge in [-0.05, 0) is 36.8 Å². The summed E-state index contributed by atoms with van der Waals surface area (Å²) in [7, 11) is 0. The SMILES string of the molecule is CCCN1C(=O)C(=Cc2ccc(C(F)(F)F)cc2F)C(=O)NC1=S. The average molecular weight is 360 g/mol. The Morgan fingerprint density at radius 1 is 1.29 bits per heavy atom. The molecule has 1 fully saturated rings. The molecule has 1 aliphatic heterocycles. The van der Waals surface area contributed by atoms with Crippen LogP contribution in [0.15, 0.2) is 23.8 Å². The van der Waals surface area contributed by atoms with Crippen LogP contribution >= 0.6 is 12.2 Å². The number of amides is 2. The molecular weight excluding hydrogens is 348 g/mol. The van der Waals surface area contributed by atoms with Crippen molar-refractivity contribution in [3.8, 4) is 0 Å². The fraction of sp³-hybridized carbons (Fsp3) is 0.267. The van der Waals surface area contributed by atoms with Crippen LogP contribution in [0.1, 0.15) is 24.5 Å². The van der Waals surface area contributed by atoms with Crippen molar-refractivity contribution < 1.29 is 27.2 Å². The van der Waals surface area contributed by atoms with Gasteiger partial charge >= 0.3 is 6.18 Å². The molecule has 0 spiro atoms. The fourth-order valence-corrected chi connectivity index (χ4v) is 2.36. The summed E-state index contributed by atoms with van der Waals surface area (Å²) in [4.78, 5) is 25.3. The monoisotopic (exact) mass is 360 g/mol. The van der Waals surface area contributed by atoms with E-state index in [9.17, 15) is 27.2 Å². The highest BCUT2D eigenvalue weighted by Gasteiger charge is 2.34. The highest BCUT2D eigenvalue weighted by atomic mass is 32.1. The van der Waals surface area contributed by atoms with Gasteiger partial charge in [0.1, 0.15) is 11.4 Å². The van der Waals surface area contributed by atoms with E-state index in [0.29, 0.717) is 18.6 Å². The van der Waals surface area contributed by atoms with E-state index in [0.717, 1.165) is 17.0 Å². The number of nitrogens with zero attached hydrogens (tertiary/aromatic N) is 1. The molecule has 0 atom stereocenters. The van der Waals surface area contributed by atoms with Crippen LogP contribution in [-0.4, -0.2) is 28.4 Å². The van der Waals surface area contributed by atoms with Crippen molar-refractivity contribution in [3.05, 3.63) is 40.7 Å². The van der Waals surface area contributed by atoms with E-state index in [2.05, 4.69) is 5.32 Å². The molecule has 0 radical (unpaired) electrons. The molecule has 1 heterocycles. The Hall–Kier alpha value is -2.29. The third kappa shape index (κ3) is 3.61. The van der Waals surface area contributed by atoms with E-state index in [4.69, 9.17) is 12.2 Å². The molecule has 0 saturated carbocycles. The van der Waals surface area contributed by atoms with Crippen LogP contribution in [0.25, 0.3) is 6.08 Å². The van der Waals surface area contributed by atoms with Crippen molar-refractivity contribution in [2.75, 3.05) is 6.54 Å². The van der Waals surface area contributed by atoms with Crippen LogP contribution in [0, 0.1) is 5.82 Å². The molecule has 2 amide bonds. The summed E-state index contributed by atoms with van der Waals surface area (Å²) in [5.41, 5.74) is -1.85. The van der Waals surface area contributed by atoms with Gasteiger partial charge in [-0.2, -0.15) is 13.2 Å². The van der Waals surface area contributed by atoms with Crippen LogP contribution < -0.4 is 5.32 Å². The van der Waals surface area contributed by atoms with Crippen molar-refractivity contribution in [2.45, 2.75) is 19.5 Å². The zero-order valence-electron chi connectivity index (χ0n) is 12.4. The molecule has 1 N–H and O–H groups in total. The molecule has 9 heteroatoms. The topological polar surface area (TPSA) is 49.4 Å². The highest BCUT2D eigenvalue weighted by molar-refractivity contribution is 7.80. The van der Waals surface area contributed by atoms with Gasteiger partial charge in [-0.25, -0.2) is 4.39 Å². The van der Waals surface area contributed by atoms with Gasteiger partial charge in [0.15, 0.2) is 5.11 Å². The molecule has 4 nitrogen and oxygen atoms in total. The number of nitrogens with one attached hydrogen (secondary N) is 1. The van der Waals surface area contributed by atoms with Crippen molar-refractivity contribution >= 4 is 35.2 Å². The Labute approximate surface area is 140 Å². The van der Waals surface area contributed by atoms with Crippen LogP contribution in [-0.2, 0) is 15.8 Å². The zero-order valence-corrected chi connectivity index (χ0v) is 13.2. The lowest BCUT2D eigenvalue weighted by Crippen LogP contribution is -2.54. The number of hydrogen-bond acceptors (Lipinski definition) is 3. The second-order valence-electron chi connectivity index (χ2n) is 5.01. The summed E-state index contributed by atoms with van der Waals surface area (Å²) in [6.07, 6.45) is -3.20. The van der Waals surface area contributed by atoms with Gasteiger partial charge in [0.25, 0.3) is 11.8 Å². The lowest BCUT2D eigenvalue weighted by Gasteiger charge is -2.28. The smallest absolute Gasteiger partial charge is 0.298 e. The lowest BCUT2D eigenvalue weighted by molar-refractivity contribution is -0.137. The first-order chi connectivity index (χ1) is 11.1. The number of rotatable bonds is 3. The first-order valence-corrected chi connectivity index (χ1v) is 7.31. The number of benzene rings is 1. The van der Waals surface area contributed by atoms with E-state index in [1.54, 1.807) is 6.92 Å². The molecule has 24 heavy (non-hydrogen) atoms. The molecule has 0 unspecified atom stereocenters. The average Bonchev–Trinajstić information content (AvgIpc) is 2.48. The molecular formula is C15H12F4N2O2S. The van der Waals surface area contributed by atoms with Crippen LogP contribution in [0.2, 0.25) is 0 Å². The number of halogens is 4. The minimum absolute atomic E-state index is 0.0584. The van der Waals surface area contributed by atoms with E-state index < -0.39 is 34.9 Å². The number of carbonyl (C=O) groups excluding carboxylic acids is 2. The predicted octanol–water partition coefficient (Wildman–Crippen LogP) is 2.88. The van der Waals surface area contributed by atoms with Crippen molar-refractivity contribution in [3.63, 3.8) is 0 Å². The standard InChI is InChI=1S/C15H12F4N2O2S/c1-2-5-21-13(23)10(12(22)20-14(21)24)6-8-3-4-9(7-11(8)16)15(17,18)19/h3-4,6-7H,2,5H2,1H3,(H,20,22,24). The second-order valence-corrected chi connectivity index (χ2v) is 5.39. The van der Waals surface area contributed by atoms with E-state index in [1.807, 2.05) is 0 Å². The van der Waals surface area contributed by atoms with Crippen molar-refractivity contribution in [1.82, 2.24) is 10.2 Å². The summed E-state index contributed by atoms with van der Waals surface area (Å²) >= 11 is 4.89. The summed E-state index contributed by atoms with van der Waals surface area (Å²) in [5.74, 6) is -2.73. The second kappa shape index (κ2) is 6.68. The van der Waals surface area contributed by atoms with E-state index >= 15 is 0 Å². The zero-order chi connectivity index (χ0) is 18.1. The Morgan fingerprint density at radius 2 is 1.96 bits per heavy atom. The molecule has 128 valence electrons. The minimum atomic E-state index is -4.69. The van der Waals surface area contributed by atoms with Gasteiger partial charge in [0.05, 0.1) is 5.56 Å². The maximum absolute atomic E-state index is 13.9. The molecule has 1 aromatic rings. The van der Waals surface area contributed by atoms with Crippen molar-refractivity contribution in [2.24, 2.45) is 0 Å². The van der Waals surface area contributed by atoms with Crippen molar-refractivity contribution in [1.29, 1.82) is 0 Å². The summed E-state index contributed by atoms with van der Waals surface area (Å²) in [5, 5.41) is 2.24. The molecule has 0 aromatic heterocycles. The van der Waals surface area contributed by atoms with E-state index in [1.165, 1.54) is 0 Å². The summed E-state index contributed by atoms with van der Waals surface area (Å²) < 4.78 is 51.5. The molecule has 0 bridgehead atoms. The molecule has 1 saturated heterocycles. The number of alkyl halides is 3. The van der Waals surface area contributed by atoms with Crippen LogP contribution in [0.3, 0.4) is 0 Å². The maximum atomic E-state index is 13.9. The van der Waals surface area contributed by atoms with Crippen LogP contribution in [0.5, 0.6) is 0 Å². The summed E-state index contributed by atoms with van der Waals surface area (Å²) in [6.45, 7) is 2.05. The third-order valence-electron chi connectivity index (χ3n) is 3.26. The highest BCUT2D eigenvalue weighted by Crippen LogP contribution is 2.30. The number of thiocarbonyl (C=S) groups is 1. The van der Waals surface area contributed by atoms with E-state index in [-0.39, 0.29) is 17.2 Å². The normalized spacial score (nSPS) is 17.5. The first kappa shape index (κ1) is 18.1. The van der Waals surface area contributed by atoms with Gasteiger partial charge < -0.3 is 0 Å². The largest absolute Gasteiger partial charge is 0.416 e. The van der Waals surface area contributed by atoms with Gasteiger partial charge in [-0.3, -0.25) is 19.8 Å². The number of carbonyl (C=O) groups is 2. The summed E-state index contributed by atoms with van der Waals surface area (Å²) in [6, 6.07) is 1.85. The Morgan fingerprint density at radius 3 is 2.50 bits per heavy atom. The maximum Gasteiger partial charge on any atom is 0.416 e. The lowest BCUT2D eigenvalue weighted by atomic mass is 10.0. The Kier molecular flexibility index (Phi) is 5.02. The number of hydrogen-bond donors (Lipinski definition) is 1. The minimum Gasteiger partial charge on any atom is -0.298 e.